The van der Waals surface area contributed by atoms with Crippen molar-refractivity contribution in [1.29, 1.82) is 0 Å². The van der Waals surface area contributed by atoms with E-state index >= 15 is 0 Å². The second-order valence-corrected chi connectivity index (χ2v) is 5.00. The van der Waals surface area contributed by atoms with Gasteiger partial charge < -0.3 is 14.6 Å². The van der Waals surface area contributed by atoms with Crippen LogP contribution in [0.2, 0.25) is 0 Å². The van der Waals surface area contributed by atoms with Crippen molar-refractivity contribution < 1.29 is 14.6 Å². The van der Waals surface area contributed by atoms with Crippen LogP contribution in [0.4, 0.5) is 0 Å². The quantitative estimate of drug-likeness (QED) is 0.917. The lowest BCUT2D eigenvalue weighted by atomic mass is 9.95. The average Bonchev–Trinajstić information content (AvgIpc) is 2.43. The van der Waals surface area contributed by atoms with Crippen LogP contribution in [0.3, 0.4) is 0 Å². The Balaban J connectivity index is 2.68. The van der Waals surface area contributed by atoms with Crippen molar-refractivity contribution in [2.45, 2.75) is 20.8 Å². The van der Waals surface area contributed by atoms with E-state index < -0.39 is 0 Å². The summed E-state index contributed by atoms with van der Waals surface area (Å²) in [6.45, 7) is 5.98. The highest BCUT2D eigenvalue weighted by Crippen LogP contribution is 2.40. The number of hydrogen-bond acceptors (Lipinski definition) is 3. The van der Waals surface area contributed by atoms with Gasteiger partial charge in [-0.25, -0.2) is 0 Å². The third-order valence-electron chi connectivity index (χ3n) is 3.47. The maximum atomic E-state index is 10.4. The summed E-state index contributed by atoms with van der Waals surface area (Å²) >= 11 is 0. The van der Waals surface area contributed by atoms with Gasteiger partial charge in [0, 0.05) is 5.56 Å². The van der Waals surface area contributed by atoms with Crippen LogP contribution in [0.1, 0.15) is 16.7 Å². The minimum Gasteiger partial charge on any atom is -0.504 e. The van der Waals surface area contributed by atoms with Gasteiger partial charge in [-0.05, 0) is 67.3 Å². The van der Waals surface area contributed by atoms with Crippen LogP contribution in [0, 0.1) is 20.8 Å². The van der Waals surface area contributed by atoms with E-state index in [1.54, 1.807) is 14.2 Å². The van der Waals surface area contributed by atoms with E-state index in [1.165, 1.54) is 0 Å². The summed E-state index contributed by atoms with van der Waals surface area (Å²) in [4.78, 5) is 0. The van der Waals surface area contributed by atoms with E-state index in [1.807, 2.05) is 45.0 Å². The molecule has 2 aromatic carbocycles. The molecule has 0 atom stereocenters. The van der Waals surface area contributed by atoms with Crippen molar-refractivity contribution >= 4 is 0 Å². The van der Waals surface area contributed by atoms with Gasteiger partial charge in [0.15, 0.2) is 11.5 Å². The van der Waals surface area contributed by atoms with Crippen LogP contribution in [0.5, 0.6) is 17.2 Å². The fraction of sp³-hybridized carbons (Fsp3) is 0.294. The van der Waals surface area contributed by atoms with Gasteiger partial charge in [-0.2, -0.15) is 0 Å². The molecule has 0 aliphatic carbocycles. The lowest BCUT2D eigenvalue weighted by Gasteiger charge is -2.15. The molecule has 20 heavy (non-hydrogen) atoms. The van der Waals surface area contributed by atoms with Gasteiger partial charge in [0.05, 0.1) is 14.2 Å². The SMILES string of the molecule is COc1cc(C)c(-c2cc(C)cc(OC)c2O)cc1C. The van der Waals surface area contributed by atoms with Gasteiger partial charge in [-0.1, -0.05) is 0 Å². The van der Waals surface area contributed by atoms with Gasteiger partial charge in [0.2, 0.25) is 0 Å². The molecule has 0 aromatic heterocycles. The Morgan fingerprint density at radius 2 is 1.40 bits per heavy atom. The molecular formula is C17H20O3. The molecule has 0 amide bonds. The van der Waals surface area contributed by atoms with Crippen LogP contribution in [0.15, 0.2) is 24.3 Å². The first-order chi connectivity index (χ1) is 9.47. The molecule has 0 fully saturated rings. The lowest BCUT2D eigenvalue weighted by Crippen LogP contribution is -1.93. The zero-order valence-electron chi connectivity index (χ0n) is 12.6. The molecule has 0 saturated heterocycles. The van der Waals surface area contributed by atoms with Crippen LogP contribution in [0.25, 0.3) is 11.1 Å². The fourth-order valence-corrected chi connectivity index (χ4v) is 2.41. The van der Waals surface area contributed by atoms with Gasteiger partial charge in [-0.15, -0.1) is 0 Å². The summed E-state index contributed by atoms with van der Waals surface area (Å²) in [7, 11) is 3.22. The molecule has 2 aromatic rings. The van der Waals surface area contributed by atoms with Crippen LogP contribution in [-0.2, 0) is 0 Å². The standard InChI is InChI=1S/C17H20O3/c1-10-6-14(17(18)16(7-10)20-5)13-8-12(3)15(19-4)9-11(13)2/h6-9,18H,1-5H3. The Morgan fingerprint density at radius 3 is 2.00 bits per heavy atom. The topological polar surface area (TPSA) is 38.7 Å². The zero-order chi connectivity index (χ0) is 14.9. The lowest BCUT2D eigenvalue weighted by molar-refractivity contribution is 0.374. The Bertz CT molecular complexity index is 645. The number of benzene rings is 2. The predicted octanol–water partition coefficient (Wildman–Crippen LogP) is 4.00. The van der Waals surface area contributed by atoms with E-state index in [2.05, 4.69) is 0 Å². The van der Waals surface area contributed by atoms with Crippen molar-refractivity contribution in [3.05, 3.63) is 41.0 Å². The zero-order valence-corrected chi connectivity index (χ0v) is 12.6. The summed E-state index contributed by atoms with van der Waals surface area (Å²) in [6, 6.07) is 7.80. The molecule has 3 heteroatoms. The smallest absolute Gasteiger partial charge is 0.165 e. The molecule has 0 saturated carbocycles. The summed E-state index contributed by atoms with van der Waals surface area (Å²) in [5.41, 5.74) is 4.90. The molecule has 0 aliphatic rings. The molecule has 0 aliphatic heterocycles. The van der Waals surface area contributed by atoms with E-state index in [0.717, 1.165) is 33.6 Å². The number of aromatic hydroxyl groups is 1. The largest absolute Gasteiger partial charge is 0.504 e. The van der Waals surface area contributed by atoms with E-state index in [0.29, 0.717) is 5.75 Å². The van der Waals surface area contributed by atoms with Crippen LogP contribution < -0.4 is 9.47 Å². The van der Waals surface area contributed by atoms with Crippen molar-refractivity contribution in [2.24, 2.45) is 0 Å². The molecule has 0 heterocycles. The number of hydrogen-bond donors (Lipinski definition) is 1. The molecule has 0 radical (unpaired) electrons. The maximum Gasteiger partial charge on any atom is 0.165 e. The number of aryl methyl sites for hydroxylation is 3. The van der Waals surface area contributed by atoms with E-state index in [9.17, 15) is 5.11 Å². The Kier molecular flexibility index (Phi) is 3.89. The van der Waals surface area contributed by atoms with Gasteiger partial charge >= 0.3 is 0 Å². The van der Waals surface area contributed by atoms with Crippen molar-refractivity contribution in [3.63, 3.8) is 0 Å². The molecule has 106 valence electrons. The van der Waals surface area contributed by atoms with Crippen molar-refractivity contribution in [2.75, 3.05) is 14.2 Å². The van der Waals surface area contributed by atoms with Gasteiger partial charge in [-0.3, -0.25) is 0 Å². The first-order valence-electron chi connectivity index (χ1n) is 6.51. The number of phenolic OH excluding ortho intramolecular Hbond substituents is 1. The molecule has 0 bridgehead atoms. The van der Waals surface area contributed by atoms with Crippen molar-refractivity contribution in [3.8, 4) is 28.4 Å². The normalized spacial score (nSPS) is 10.4. The number of methoxy groups -OCH3 is 2. The molecule has 0 unspecified atom stereocenters. The minimum absolute atomic E-state index is 0.172. The third kappa shape index (κ3) is 2.44. The van der Waals surface area contributed by atoms with E-state index in [4.69, 9.17) is 9.47 Å². The fourth-order valence-electron chi connectivity index (χ4n) is 2.41. The second kappa shape index (κ2) is 5.45. The average molecular weight is 272 g/mol. The Morgan fingerprint density at radius 1 is 0.750 bits per heavy atom. The number of ether oxygens (including phenoxy) is 2. The van der Waals surface area contributed by atoms with Gasteiger partial charge in [0.1, 0.15) is 5.75 Å². The highest BCUT2D eigenvalue weighted by Gasteiger charge is 2.14. The highest BCUT2D eigenvalue weighted by atomic mass is 16.5. The minimum atomic E-state index is 0.172. The molecule has 3 nitrogen and oxygen atoms in total. The molecule has 0 spiro atoms. The molecule has 1 N–H and O–H groups in total. The first kappa shape index (κ1) is 14.3. The summed E-state index contributed by atoms with van der Waals surface area (Å²) in [5.74, 6) is 1.52. The number of rotatable bonds is 3. The van der Waals surface area contributed by atoms with Gasteiger partial charge in [0.25, 0.3) is 0 Å². The van der Waals surface area contributed by atoms with E-state index in [-0.39, 0.29) is 5.75 Å². The van der Waals surface area contributed by atoms with Crippen LogP contribution in [-0.4, -0.2) is 19.3 Å². The van der Waals surface area contributed by atoms with Crippen LogP contribution >= 0.6 is 0 Å². The van der Waals surface area contributed by atoms with Crippen molar-refractivity contribution in [1.82, 2.24) is 0 Å². The summed E-state index contributed by atoms with van der Waals surface area (Å²) in [6.07, 6.45) is 0. The molecule has 2 rings (SSSR count). The Hall–Kier alpha value is -2.16. The number of phenols is 1. The first-order valence-corrected chi connectivity index (χ1v) is 6.51. The summed E-state index contributed by atoms with van der Waals surface area (Å²) in [5, 5.41) is 10.4. The Labute approximate surface area is 119 Å². The third-order valence-corrected chi connectivity index (χ3v) is 3.47. The second-order valence-electron chi connectivity index (χ2n) is 5.00. The summed E-state index contributed by atoms with van der Waals surface area (Å²) < 4.78 is 10.6. The predicted molar refractivity (Wildman–Crippen MR) is 80.9 cm³/mol. The molecular weight excluding hydrogens is 252 g/mol. The highest BCUT2D eigenvalue weighted by molar-refractivity contribution is 5.77. The maximum absolute atomic E-state index is 10.4. The monoisotopic (exact) mass is 272 g/mol.